The Hall–Kier alpha value is -0.120. The van der Waals surface area contributed by atoms with Crippen LogP contribution in [0.15, 0.2) is 0 Å². The molecule has 3 unspecified atom stereocenters. The zero-order valence-corrected chi connectivity index (χ0v) is 10.0. The van der Waals surface area contributed by atoms with Crippen LogP contribution in [0.5, 0.6) is 0 Å². The molecule has 2 aliphatic heterocycles. The third kappa shape index (κ3) is 3.16. The van der Waals surface area contributed by atoms with Gasteiger partial charge in [-0.3, -0.25) is 0 Å². The van der Waals surface area contributed by atoms with E-state index in [0.717, 1.165) is 37.8 Å². The maximum atomic E-state index is 5.39. The molecule has 0 bridgehead atoms. The molecule has 3 nitrogen and oxygen atoms in total. The summed E-state index contributed by atoms with van der Waals surface area (Å²) in [6.45, 7) is 6.65. The van der Waals surface area contributed by atoms with Gasteiger partial charge in [-0.25, -0.2) is 0 Å². The monoisotopic (exact) mass is 212 g/mol. The summed E-state index contributed by atoms with van der Waals surface area (Å²) in [5.41, 5.74) is 0. The fourth-order valence-electron chi connectivity index (χ4n) is 2.55. The smallest absolute Gasteiger partial charge is 0.0507 e. The fraction of sp³-hybridized carbons (Fsp3) is 1.00. The number of nitrogens with zero attached hydrogens (tertiary/aromatic N) is 1. The second kappa shape index (κ2) is 5.28. The summed E-state index contributed by atoms with van der Waals surface area (Å²) in [6, 6.07) is 1.47. The normalized spacial score (nSPS) is 38.4. The molecule has 88 valence electrons. The van der Waals surface area contributed by atoms with Gasteiger partial charge in [-0.2, -0.15) is 0 Å². The summed E-state index contributed by atoms with van der Waals surface area (Å²) in [5.74, 6) is 0.764. The van der Waals surface area contributed by atoms with Crippen LogP contribution in [0.3, 0.4) is 0 Å². The minimum Gasteiger partial charge on any atom is -0.381 e. The lowest BCUT2D eigenvalue weighted by atomic mass is 9.98. The van der Waals surface area contributed by atoms with Crippen molar-refractivity contribution >= 4 is 0 Å². The minimum atomic E-state index is 0.732. The van der Waals surface area contributed by atoms with Gasteiger partial charge in [0.1, 0.15) is 0 Å². The van der Waals surface area contributed by atoms with Crippen LogP contribution in [-0.2, 0) is 4.74 Å². The van der Waals surface area contributed by atoms with Gasteiger partial charge in [0.2, 0.25) is 0 Å². The van der Waals surface area contributed by atoms with Gasteiger partial charge in [0.25, 0.3) is 0 Å². The highest BCUT2D eigenvalue weighted by atomic mass is 16.5. The van der Waals surface area contributed by atoms with Crippen molar-refractivity contribution in [3.8, 4) is 0 Å². The molecule has 3 heteroatoms. The average Bonchev–Trinajstić information content (AvgIpc) is 2.73. The van der Waals surface area contributed by atoms with E-state index >= 15 is 0 Å². The third-order valence-electron chi connectivity index (χ3n) is 3.93. The zero-order valence-electron chi connectivity index (χ0n) is 10.0. The molecular formula is C12H24N2O. The lowest BCUT2D eigenvalue weighted by Crippen LogP contribution is -2.46. The van der Waals surface area contributed by atoms with Crippen LogP contribution in [0.1, 0.15) is 26.2 Å². The van der Waals surface area contributed by atoms with E-state index in [9.17, 15) is 0 Å². The first-order chi connectivity index (χ1) is 7.25. The zero-order chi connectivity index (χ0) is 10.7. The summed E-state index contributed by atoms with van der Waals surface area (Å²) >= 11 is 0. The van der Waals surface area contributed by atoms with Crippen LogP contribution in [-0.4, -0.2) is 50.3 Å². The summed E-state index contributed by atoms with van der Waals surface area (Å²) in [6.07, 6.45) is 3.84. The molecule has 0 saturated carbocycles. The van der Waals surface area contributed by atoms with Crippen LogP contribution >= 0.6 is 0 Å². The molecular weight excluding hydrogens is 188 g/mol. The van der Waals surface area contributed by atoms with E-state index < -0.39 is 0 Å². The second-order valence-corrected chi connectivity index (χ2v) is 5.19. The van der Waals surface area contributed by atoms with Gasteiger partial charge in [-0.1, -0.05) is 0 Å². The van der Waals surface area contributed by atoms with Gasteiger partial charge in [-0.15, -0.1) is 0 Å². The Morgan fingerprint density at radius 1 is 1.40 bits per heavy atom. The van der Waals surface area contributed by atoms with Crippen molar-refractivity contribution in [1.82, 2.24) is 10.2 Å². The highest BCUT2D eigenvalue weighted by molar-refractivity contribution is 4.82. The number of rotatable bonds is 3. The summed E-state index contributed by atoms with van der Waals surface area (Å²) < 4.78 is 5.39. The molecule has 0 radical (unpaired) electrons. The second-order valence-electron chi connectivity index (χ2n) is 5.19. The van der Waals surface area contributed by atoms with Crippen molar-refractivity contribution in [2.45, 2.75) is 38.3 Å². The number of nitrogens with one attached hydrogen (secondary N) is 1. The van der Waals surface area contributed by atoms with Crippen molar-refractivity contribution < 1.29 is 4.74 Å². The van der Waals surface area contributed by atoms with E-state index in [0.29, 0.717) is 0 Å². The molecule has 0 aromatic heterocycles. The van der Waals surface area contributed by atoms with E-state index in [1.54, 1.807) is 0 Å². The molecule has 2 saturated heterocycles. The molecule has 3 atom stereocenters. The number of hydrogen-bond acceptors (Lipinski definition) is 3. The van der Waals surface area contributed by atoms with Crippen LogP contribution in [0.25, 0.3) is 0 Å². The highest BCUT2D eigenvalue weighted by Crippen LogP contribution is 2.17. The Balaban J connectivity index is 1.66. The van der Waals surface area contributed by atoms with Crippen molar-refractivity contribution in [3.63, 3.8) is 0 Å². The first kappa shape index (κ1) is 11.4. The maximum absolute atomic E-state index is 5.39. The third-order valence-corrected chi connectivity index (χ3v) is 3.93. The number of likely N-dealkylation sites (tertiary alicyclic amines) is 1. The SMILES string of the molecule is CC1CC(NCC2CCOC2)CCN1C. The summed E-state index contributed by atoms with van der Waals surface area (Å²) in [4.78, 5) is 2.46. The van der Waals surface area contributed by atoms with Crippen LogP contribution < -0.4 is 5.32 Å². The molecule has 15 heavy (non-hydrogen) atoms. The van der Waals surface area contributed by atoms with Crippen LogP contribution in [0.4, 0.5) is 0 Å². The molecule has 0 amide bonds. The first-order valence-electron chi connectivity index (χ1n) is 6.27. The topological polar surface area (TPSA) is 24.5 Å². The van der Waals surface area contributed by atoms with E-state index in [-0.39, 0.29) is 0 Å². The van der Waals surface area contributed by atoms with Gasteiger partial charge >= 0.3 is 0 Å². The molecule has 0 aromatic carbocycles. The molecule has 2 fully saturated rings. The van der Waals surface area contributed by atoms with E-state index in [2.05, 4.69) is 24.2 Å². The highest BCUT2D eigenvalue weighted by Gasteiger charge is 2.23. The Kier molecular flexibility index (Phi) is 4.00. The minimum absolute atomic E-state index is 0.732. The maximum Gasteiger partial charge on any atom is 0.0507 e. The Morgan fingerprint density at radius 3 is 2.93 bits per heavy atom. The molecule has 1 N–H and O–H groups in total. The standard InChI is InChI=1S/C12H24N2O/c1-10-7-12(3-5-14(10)2)13-8-11-4-6-15-9-11/h10-13H,3-9H2,1-2H3. The molecule has 2 aliphatic rings. The van der Waals surface area contributed by atoms with Crippen LogP contribution in [0.2, 0.25) is 0 Å². The van der Waals surface area contributed by atoms with Gasteiger partial charge in [-0.05, 0) is 45.7 Å². The number of piperidine rings is 1. The van der Waals surface area contributed by atoms with Crippen molar-refractivity contribution in [2.24, 2.45) is 5.92 Å². The van der Waals surface area contributed by atoms with Gasteiger partial charge in [0, 0.05) is 25.2 Å². The quantitative estimate of drug-likeness (QED) is 0.758. The van der Waals surface area contributed by atoms with Crippen molar-refractivity contribution in [2.75, 3.05) is 33.4 Å². The van der Waals surface area contributed by atoms with E-state index in [4.69, 9.17) is 4.74 Å². The summed E-state index contributed by atoms with van der Waals surface area (Å²) in [5, 5.41) is 3.71. The van der Waals surface area contributed by atoms with Crippen molar-refractivity contribution in [1.29, 1.82) is 0 Å². The Bertz CT molecular complexity index is 192. The number of hydrogen-bond donors (Lipinski definition) is 1. The molecule has 0 spiro atoms. The van der Waals surface area contributed by atoms with E-state index in [1.807, 2.05) is 0 Å². The lowest BCUT2D eigenvalue weighted by Gasteiger charge is -2.35. The van der Waals surface area contributed by atoms with Crippen molar-refractivity contribution in [3.05, 3.63) is 0 Å². The molecule has 0 aliphatic carbocycles. The molecule has 2 heterocycles. The first-order valence-corrected chi connectivity index (χ1v) is 6.27. The van der Waals surface area contributed by atoms with Gasteiger partial charge in [0.15, 0.2) is 0 Å². The van der Waals surface area contributed by atoms with Crippen LogP contribution in [0, 0.1) is 5.92 Å². The predicted molar refractivity (Wildman–Crippen MR) is 62.0 cm³/mol. The lowest BCUT2D eigenvalue weighted by molar-refractivity contribution is 0.160. The van der Waals surface area contributed by atoms with Gasteiger partial charge < -0.3 is 15.0 Å². The largest absolute Gasteiger partial charge is 0.381 e. The predicted octanol–water partition coefficient (Wildman–Crippen LogP) is 1.10. The molecule has 0 aromatic rings. The van der Waals surface area contributed by atoms with Gasteiger partial charge in [0.05, 0.1) is 6.61 Å². The number of ether oxygens (including phenoxy) is 1. The fourth-order valence-corrected chi connectivity index (χ4v) is 2.55. The van der Waals surface area contributed by atoms with E-state index in [1.165, 1.54) is 25.8 Å². The molecule has 2 rings (SSSR count). The average molecular weight is 212 g/mol. The Morgan fingerprint density at radius 2 is 2.27 bits per heavy atom. The summed E-state index contributed by atoms with van der Waals surface area (Å²) in [7, 11) is 2.23. The Labute approximate surface area is 93.2 Å².